The number of nitrogens with one attached hydrogen (secondary N) is 1. The minimum Gasteiger partial charge on any atom is -0.481 e. The van der Waals surface area contributed by atoms with Gasteiger partial charge in [0.05, 0.1) is 12.5 Å². The molecule has 3 nitrogen and oxygen atoms in total. The third kappa shape index (κ3) is 1.76. The second kappa shape index (κ2) is 3.54. The maximum absolute atomic E-state index is 10.5. The van der Waals surface area contributed by atoms with Gasteiger partial charge in [0.15, 0.2) is 0 Å². The molecule has 2 N–H and O–H groups in total. The lowest BCUT2D eigenvalue weighted by molar-refractivity contribution is -0.137. The quantitative estimate of drug-likeness (QED) is 0.747. The number of carboxylic acids is 1. The minimum absolute atomic E-state index is 0.0950. The summed E-state index contributed by atoms with van der Waals surface area (Å²) in [7, 11) is 0. The zero-order valence-corrected chi connectivity index (χ0v) is 7.60. The van der Waals surface area contributed by atoms with E-state index >= 15 is 0 Å². The zero-order chi connectivity index (χ0) is 9.97. The molecule has 2 rings (SSSR count). The number of hydrogen-bond donors (Lipinski definition) is 2. The van der Waals surface area contributed by atoms with Crippen LogP contribution in [0.1, 0.15) is 12.0 Å². The van der Waals surface area contributed by atoms with Crippen molar-refractivity contribution in [3.63, 3.8) is 0 Å². The van der Waals surface area contributed by atoms with Crippen molar-refractivity contribution < 1.29 is 9.90 Å². The Morgan fingerprint density at radius 3 is 3.00 bits per heavy atom. The van der Waals surface area contributed by atoms with Crippen LogP contribution in [0.25, 0.3) is 6.08 Å². The Balaban J connectivity index is 2.17. The topological polar surface area (TPSA) is 49.3 Å². The van der Waals surface area contributed by atoms with E-state index in [4.69, 9.17) is 5.11 Å². The summed E-state index contributed by atoms with van der Waals surface area (Å²) in [5, 5.41) is 11.8. The summed E-state index contributed by atoms with van der Waals surface area (Å²) < 4.78 is 0. The van der Waals surface area contributed by atoms with E-state index in [0.717, 1.165) is 11.3 Å². The first-order chi connectivity index (χ1) is 6.75. The van der Waals surface area contributed by atoms with Crippen LogP contribution in [0.5, 0.6) is 0 Å². The molecule has 1 aliphatic rings. The van der Waals surface area contributed by atoms with Crippen molar-refractivity contribution in [3.05, 3.63) is 35.9 Å². The lowest BCUT2D eigenvalue weighted by Crippen LogP contribution is -2.23. The normalized spacial score (nSPS) is 18.4. The summed E-state index contributed by atoms with van der Waals surface area (Å²) >= 11 is 0. The summed E-state index contributed by atoms with van der Waals surface area (Å²) in [5.41, 5.74) is 2.11. The van der Waals surface area contributed by atoms with Crippen LogP contribution in [0.2, 0.25) is 0 Å². The number of carboxylic acid groups (broad SMARTS) is 1. The van der Waals surface area contributed by atoms with E-state index in [2.05, 4.69) is 5.32 Å². The molecule has 0 saturated heterocycles. The highest BCUT2D eigenvalue weighted by molar-refractivity contribution is 5.74. The molecule has 14 heavy (non-hydrogen) atoms. The molecule has 0 radical (unpaired) electrons. The van der Waals surface area contributed by atoms with Gasteiger partial charge in [0.25, 0.3) is 0 Å². The molecule has 1 atom stereocenters. The fraction of sp³-hybridized carbons (Fsp3) is 0.182. The highest BCUT2D eigenvalue weighted by atomic mass is 16.4. The molecule has 1 aromatic rings. The van der Waals surface area contributed by atoms with Gasteiger partial charge < -0.3 is 10.4 Å². The molecule has 0 spiro atoms. The SMILES string of the molecule is O=C(O)CC1C=Cc2ccccc2N1. The van der Waals surface area contributed by atoms with Crippen molar-refractivity contribution >= 4 is 17.7 Å². The van der Waals surface area contributed by atoms with Crippen LogP contribution < -0.4 is 5.32 Å². The third-order valence-electron chi connectivity index (χ3n) is 2.20. The van der Waals surface area contributed by atoms with Crippen molar-refractivity contribution in [2.75, 3.05) is 5.32 Å². The van der Waals surface area contributed by atoms with Gasteiger partial charge in [-0.05, 0) is 11.6 Å². The third-order valence-corrected chi connectivity index (χ3v) is 2.20. The number of rotatable bonds is 2. The lowest BCUT2D eigenvalue weighted by atomic mass is 10.0. The monoisotopic (exact) mass is 189 g/mol. The van der Waals surface area contributed by atoms with E-state index in [9.17, 15) is 4.79 Å². The standard InChI is InChI=1S/C11H11NO2/c13-11(14)7-9-6-5-8-3-1-2-4-10(8)12-9/h1-6,9,12H,7H2,(H,13,14). The van der Waals surface area contributed by atoms with Crippen molar-refractivity contribution in [1.82, 2.24) is 0 Å². The number of aliphatic carboxylic acids is 1. The predicted octanol–water partition coefficient (Wildman–Crippen LogP) is 1.97. The van der Waals surface area contributed by atoms with E-state index in [-0.39, 0.29) is 12.5 Å². The van der Waals surface area contributed by atoms with Crippen molar-refractivity contribution in [3.8, 4) is 0 Å². The molecular formula is C11H11NO2. The van der Waals surface area contributed by atoms with Crippen LogP contribution in [0, 0.1) is 0 Å². The second-order valence-corrected chi connectivity index (χ2v) is 3.30. The van der Waals surface area contributed by atoms with E-state index in [1.807, 2.05) is 36.4 Å². The lowest BCUT2D eigenvalue weighted by Gasteiger charge is -2.20. The smallest absolute Gasteiger partial charge is 0.305 e. The van der Waals surface area contributed by atoms with Crippen molar-refractivity contribution in [2.24, 2.45) is 0 Å². The van der Waals surface area contributed by atoms with Gasteiger partial charge in [-0.1, -0.05) is 30.4 Å². The van der Waals surface area contributed by atoms with Crippen molar-refractivity contribution in [1.29, 1.82) is 0 Å². The molecule has 0 saturated carbocycles. The second-order valence-electron chi connectivity index (χ2n) is 3.30. The van der Waals surface area contributed by atoms with Gasteiger partial charge in [0.1, 0.15) is 0 Å². The van der Waals surface area contributed by atoms with Crippen LogP contribution in [0.3, 0.4) is 0 Å². The Hall–Kier alpha value is -1.77. The zero-order valence-electron chi connectivity index (χ0n) is 7.60. The summed E-state index contributed by atoms with van der Waals surface area (Å²) in [6.07, 6.45) is 3.96. The Labute approximate surface area is 82.1 Å². The Kier molecular flexibility index (Phi) is 2.23. The Morgan fingerprint density at radius 2 is 2.21 bits per heavy atom. The van der Waals surface area contributed by atoms with Crippen LogP contribution in [-0.2, 0) is 4.79 Å². The van der Waals surface area contributed by atoms with Crippen LogP contribution >= 0.6 is 0 Å². The highest BCUT2D eigenvalue weighted by Crippen LogP contribution is 2.23. The number of fused-ring (bicyclic) bond motifs is 1. The first-order valence-electron chi connectivity index (χ1n) is 4.51. The molecule has 0 bridgehead atoms. The molecule has 1 unspecified atom stereocenters. The number of para-hydroxylation sites is 1. The van der Waals surface area contributed by atoms with Gasteiger partial charge in [0, 0.05) is 5.69 Å². The molecule has 1 aliphatic heterocycles. The first-order valence-corrected chi connectivity index (χ1v) is 4.51. The summed E-state index contributed by atoms with van der Waals surface area (Å²) in [4.78, 5) is 10.5. The Bertz CT molecular complexity index is 385. The number of hydrogen-bond acceptors (Lipinski definition) is 2. The molecule has 0 amide bonds. The molecule has 1 heterocycles. The average Bonchev–Trinajstić information content (AvgIpc) is 2.17. The maximum atomic E-state index is 10.5. The Morgan fingerprint density at radius 1 is 1.43 bits per heavy atom. The number of anilines is 1. The van der Waals surface area contributed by atoms with Gasteiger partial charge in [-0.25, -0.2) is 0 Å². The van der Waals surface area contributed by atoms with Gasteiger partial charge in [-0.15, -0.1) is 0 Å². The molecule has 1 aromatic carbocycles. The van der Waals surface area contributed by atoms with E-state index in [1.54, 1.807) is 0 Å². The fourth-order valence-electron chi connectivity index (χ4n) is 1.55. The number of benzene rings is 1. The van der Waals surface area contributed by atoms with E-state index in [0.29, 0.717) is 0 Å². The highest BCUT2D eigenvalue weighted by Gasteiger charge is 2.14. The first kappa shape index (κ1) is 8.81. The van der Waals surface area contributed by atoms with E-state index in [1.165, 1.54) is 0 Å². The average molecular weight is 189 g/mol. The number of carbonyl (C=O) groups is 1. The van der Waals surface area contributed by atoms with Crippen molar-refractivity contribution in [2.45, 2.75) is 12.5 Å². The van der Waals surface area contributed by atoms with Gasteiger partial charge in [-0.2, -0.15) is 0 Å². The maximum Gasteiger partial charge on any atom is 0.305 e. The predicted molar refractivity (Wildman–Crippen MR) is 55.1 cm³/mol. The minimum atomic E-state index is -0.786. The van der Waals surface area contributed by atoms with Gasteiger partial charge in [-0.3, -0.25) is 4.79 Å². The molecule has 0 fully saturated rings. The fourth-order valence-corrected chi connectivity index (χ4v) is 1.55. The van der Waals surface area contributed by atoms with Gasteiger partial charge >= 0.3 is 5.97 Å². The summed E-state index contributed by atoms with van der Waals surface area (Å²) in [6, 6.07) is 7.75. The molecule has 0 aliphatic carbocycles. The summed E-state index contributed by atoms with van der Waals surface area (Å²) in [5.74, 6) is -0.786. The summed E-state index contributed by atoms with van der Waals surface area (Å²) in [6.45, 7) is 0. The van der Waals surface area contributed by atoms with Crippen LogP contribution in [-0.4, -0.2) is 17.1 Å². The van der Waals surface area contributed by atoms with Crippen LogP contribution in [0.15, 0.2) is 30.3 Å². The molecule has 72 valence electrons. The molecular weight excluding hydrogens is 178 g/mol. The largest absolute Gasteiger partial charge is 0.481 e. The molecule has 3 heteroatoms. The van der Waals surface area contributed by atoms with Crippen LogP contribution in [0.4, 0.5) is 5.69 Å². The van der Waals surface area contributed by atoms with E-state index < -0.39 is 5.97 Å². The molecule has 0 aromatic heterocycles. The van der Waals surface area contributed by atoms with Gasteiger partial charge in [0.2, 0.25) is 0 Å².